The predicted octanol–water partition coefficient (Wildman–Crippen LogP) is 1.16. The highest BCUT2D eigenvalue weighted by Gasteiger charge is 2.06. The Hall–Kier alpha value is -3.39. The summed E-state index contributed by atoms with van der Waals surface area (Å²) >= 11 is 0. The minimum absolute atomic E-state index is 0.134. The molecule has 0 aliphatic heterocycles. The molecule has 0 bridgehead atoms. The van der Waals surface area contributed by atoms with Crippen molar-refractivity contribution >= 4 is 5.95 Å². The van der Waals surface area contributed by atoms with Crippen LogP contribution in [0.5, 0.6) is 11.5 Å². The molecular formula is C16H15N5O3. The molecule has 0 saturated heterocycles. The summed E-state index contributed by atoms with van der Waals surface area (Å²) in [5, 5.41) is 18.8. The van der Waals surface area contributed by atoms with E-state index in [9.17, 15) is 15.0 Å². The smallest absolute Gasteiger partial charge is 0.356 e. The van der Waals surface area contributed by atoms with Crippen molar-refractivity contribution < 1.29 is 10.2 Å². The summed E-state index contributed by atoms with van der Waals surface area (Å²) in [7, 11) is 0. The van der Waals surface area contributed by atoms with E-state index >= 15 is 0 Å². The topological polar surface area (TPSA) is 112 Å². The van der Waals surface area contributed by atoms with Gasteiger partial charge in [-0.1, -0.05) is 30.3 Å². The zero-order chi connectivity index (χ0) is 16.9. The Balaban J connectivity index is 1.70. The van der Waals surface area contributed by atoms with Gasteiger partial charge < -0.3 is 10.2 Å². The van der Waals surface area contributed by atoms with E-state index in [1.165, 1.54) is 24.5 Å². The number of nitrogens with one attached hydrogen (secondary N) is 2. The minimum Gasteiger partial charge on any atom is -0.504 e. The Kier molecular flexibility index (Phi) is 4.39. The third kappa shape index (κ3) is 3.50. The summed E-state index contributed by atoms with van der Waals surface area (Å²) in [4.78, 5) is 19.9. The van der Waals surface area contributed by atoms with E-state index in [-0.39, 0.29) is 17.4 Å². The molecule has 1 aromatic heterocycles. The first-order valence-corrected chi connectivity index (χ1v) is 7.14. The number of aromatic hydroxyl groups is 2. The van der Waals surface area contributed by atoms with Crippen LogP contribution < -0.4 is 16.5 Å². The van der Waals surface area contributed by atoms with Crippen LogP contribution in [0.3, 0.4) is 0 Å². The van der Waals surface area contributed by atoms with Crippen LogP contribution in [0.1, 0.15) is 5.56 Å². The second-order valence-electron chi connectivity index (χ2n) is 4.97. The summed E-state index contributed by atoms with van der Waals surface area (Å²) in [6.07, 6.45) is 1.29. The molecule has 0 fully saturated rings. The van der Waals surface area contributed by atoms with Gasteiger partial charge in [-0.2, -0.15) is 4.98 Å². The Morgan fingerprint density at radius 3 is 2.54 bits per heavy atom. The van der Waals surface area contributed by atoms with E-state index in [0.717, 1.165) is 10.1 Å². The molecule has 0 spiro atoms. The molecule has 3 rings (SSSR count). The predicted molar refractivity (Wildman–Crippen MR) is 87.9 cm³/mol. The van der Waals surface area contributed by atoms with Crippen LogP contribution in [0.4, 0.5) is 5.95 Å². The van der Waals surface area contributed by atoms with Crippen LogP contribution in [0, 0.1) is 0 Å². The van der Waals surface area contributed by atoms with Gasteiger partial charge in [0.05, 0.1) is 5.69 Å². The van der Waals surface area contributed by atoms with E-state index in [1.54, 1.807) is 0 Å². The lowest BCUT2D eigenvalue weighted by molar-refractivity contribution is 0.403. The van der Waals surface area contributed by atoms with Crippen LogP contribution >= 0.6 is 0 Å². The first-order valence-electron chi connectivity index (χ1n) is 7.14. The third-order valence-electron chi connectivity index (χ3n) is 3.28. The van der Waals surface area contributed by atoms with Crippen LogP contribution in [0.25, 0.3) is 5.69 Å². The number of hydrogen-bond donors (Lipinski definition) is 4. The second-order valence-corrected chi connectivity index (χ2v) is 4.97. The van der Waals surface area contributed by atoms with Crippen molar-refractivity contribution in [2.75, 3.05) is 5.43 Å². The SMILES string of the molecule is O=c1nc(NNCc2ccccc2)ncn1-c1ccc(O)c(O)c1. The number of phenolic OH excluding ortho intramolecular Hbond substituents is 2. The Morgan fingerprint density at radius 2 is 1.83 bits per heavy atom. The maximum Gasteiger partial charge on any atom is 0.356 e. The van der Waals surface area contributed by atoms with Crippen LogP contribution in [0.2, 0.25) is 0 Å². The van der Waals surface area contributed by atoms with Crippen molar-refractivity contribution in [3.63, 3.8) is 0 Å². The zero-order valence-electron chi connectivity index (χ0n) is 12.5. The average molecular weight is 325 g/mol. The van der Waals surface area contributed by atoms with E-state index in [0.29, 0.717) is 12.2 Å². The van der Waals surface area contributed by atoms with Crippen molar-refractivity contribution in [1.82, 2.24) is 20.0 Å². The Labute approximate surface area is 137 Å². The number of rotatable bonds is 5. The first-order chi connectivity index (χ1) is 11.6. The van der Waals surface area contributed by atoms with Gasteiger partial charge in [0.25, 0.3) is 0 Å². The standard InChI is InChI=1S/C16H15N5O3/c22-13-7-6-12(8-14(13)23)21-10-17-15(19-16(21)24)20-18-9-11-4-2-1-3-5-11/h1-8,10,18,22-23H,9H2,(H,19,20,24). The van der Waals surface area contributed by atoms with Gasteiger partial charge >= 0.3 is 5.69 Å². The highest BCUT2D eigenvalue weighted by atomic mass is 16.3. The fourth-order valence-corrected chi connectivity index (χ4v) is 2.06. The summed E-state index contributed by atoms with van der Waals surface area (Å²) in [6.45, 7) is 0.541. The third-order valence-corrected chi connectivity index (χ3v) is 3.28. The molecular weight excluding hydrogens is 310 g/mol. The molecule has 1 heterocycles. The second kappa shape index (κ2) is 6.80. The molecule has 24 heavy (non-hydrogen) atoms. The van der Waals surface area contributed by atoms with Gasteiger partial charge in [-0.15, -0.1) is 0 Å². The molecule has 3 aromatic rings. The quantitative estimate of drug-likeness (QED) is 0.411. The minimum atomic E-state index is -0.570. The molecule has 0 aliphatic rings. The van der Waals surface area contributed by atoms with E-state index in [4.69, 9.17) is 0 Å². The molecule has 0 atom stereocenters. The van der Waals surface area contributed by atoms with Gasteiger partial charge in [0.15, 0.2) is 11.5 Å². The highest BCUT2D eigenvalue weighted by molar-refractivity contribution is 5.47. The van der Waals surface area contributed by atoms with Crippen LogP contribution in [-0.2, 0) is 6.54 Å². The molecule has 122 valence electrons. The molecule has 0 amide bonds. The maximum atomic E-state index is 12.1. The average Bonchev–Trinajstić information content (AvgIpc) is 2.59. The van der Waals surface area contributed by atoms with E-state index < -0.39 is 5.69 Å². The molecule has 0 saturated carbocycles. The fourth-order valence-electron chi connectivity index (χ4n) is 2.06. The van der Waals surface area contributed by atoms with Crippen LogP contribution in [-0.4, -0.2) is 24.7 Å². The summed E-state index contributed by atoms with van der Waals surface area (Å²) in [6, 6.07) is 13.7. The molecule has 0 radical (unpaired) electrons. The molecule has 8 nitrogen and oxygen atoms in total. The van der Waals surface area contributed by atoms with Crippen molar-refractivity contribution in [1.29, 1.82) is 0 Å². The van der Waals surface area contributed by atoms with Crippen molar-refractivity contribution in [3.05, 3.63) is 70.9 Å². The number of benzene rings is 2. The zero-order valence-corrected chi connectivity index (χ0v) is 12.5. The molecule has 0 unspecified atom stereocenters. The number of phenols is 2. The molecule has 2 aromatic carbocycles. The lowest BCUT2D eigenvalue weighted by atomic mass is 10.2. The van der Waals surface area contributed by atoms with Crippen molar-refractivity contribution in [3.8, 4) is 17.2 Å². The number of hydrazine groups is 1. The molecule has 8 heteroatoms. The summed E-state index contributed by atoms with van der Waals surface area (Å²) in [5.41, 5.74) is 6.53. The Bertz CT molecular complexity index is 896. The van der Waals surface area contributed by atoms with Gasteiger partial charge in [-0.05, 0) is 17.7 Å². The normalized spacial score (nSPS) is 10.5. The fraction of sp³-hybridized carbons (Fsp3) is 0.0625. The largest absolute Gasteiger partial charge is 0.504 e. The number of nitrogens with zero attached hydrogens (tertiary/aromatic N) is 3. The van der Waals surface area contributed by atoms with Crippen molar-refractivity contribution in [2.45, 2.75) is 6.54 Å². The number of hydrogen-bond acceptors (Lipinski definition) is 7. The number of anilines is 1. The monoisotopic (exact) mass is 325 g/mol. The summed E-state index contributed by atoms with van der Waals surface area (Å²) < 4.78 is 1.15. The lowest BCUT2D eigenvalue weighted by Crippen LogP contribution is -2.28. The lowest BCUT2D eigenvalue weighted by Gasteiger charge is -2.09. The van der Waals surface area contributed by atoms with Gasteiger partial charge in [-0.25, -0.2) is 15.2 Å². The molecule has 4 N–H and O–H groups in total. The highest BCUT2D eigenvalue weighted by Crippen LogP contribution is 2.25. The van der Waals surface area contributed by atoms with Gasteiger partial charge in [0, 0.05) is 12.6 Å². The number of aromatic nitrogens is 3. The van der Waals surface area contributed by atoms with Gasteiger partial charge in [0.1, 0.15) is 6.33 Å². The molecule has 0 aliphatic carbocycles. The van der Waals surface area contributed by atoms with E-state index in [1.807, 2.05) is 30.3 Å². The van der Waals surface area contributed by atoms with Gasteiger partial charge in [-0.3, -0.25) is 9.99 Å². The Morgan fingerprint density at radius 1 is 1.04 bits per heavy atom. The maximum absolute atomic E-state index is 12.1. The van der Waals surface area contributed by atoms with E-state index in [2.05, 4.69) is 20.8 Å². The van der Waals surface area contributed by atoms with Crippen molar-refractivity contribution in [2.24, 2.45) is 0 Å². The summed E-state index contributed by atoms with van der Waals surface area (Å²) in [5.74, 6) is -0.461. The van der Waals surface area contributed by atoms with Gasteiger partial charge in [0.2, 0.25) is 5.95 Å². The van der Waals surface area contributed by atoms with Crippen LogP contribution in [0.15, 0.2) is 59.7 Å². The first kappa shape index (κ1) is 15.5.